The van der Waals surface area contributed by atoms with Gasteiger partial charge >= 0.3 is 5.97 Å². The van der Waals surface area contributed by atoms with Gasteiger partial charge in [0, 0.05) is 13.1 Å². The van der Waals surface area contributed by atoms with Gasteiger partial charge in [-0.25, -0.2) is 4.79 Å². The smallest absolute Gasteiger partial charge is 0.337 e. The zero-order valence-corrected chi connectivity index (χ0v) is 10.6. The van der Waals surface area contributed by atoms with Gasteiger partial charge in [-0.05, 0) is 26.0 Å². The Labute approximate surface area is 106 Å². The van der Waals surface area contributed by atoms with Crippen molar-refractivity contribution < 1.29 is 14.6 Å². The lowest BCUT2D eigenvalue weighted by molar-refractivity contribution is -0.0276. The molecule has 1 aliphatic heterocycles. The Morgan fingerprint density at radius 1 is 1.50 bits per heavy atom. The third kappa shape index (κ3) is 2.41. The van der Waals surface area contributed by atoms with Gasteiger partial charge in [0.2, 0.25) is 0 Å². The van der Waals surface area contributed by atoms with Gasteiger partial charge in [0.15, 0.2) is 0 Å². The zero-order valence-electron chi connectivity index (χ0n) is 10.6. The van der Waals surface area contributed by atoms with Gasteiger partial charge in [-0.2, -0.15) is 0 Å². The summed E-state index contributed by atoms with van der Waals surface area (Å²) in [6, 6.07) is 5.09. The van der Waals surface area contributed by atoms with E-state index in [2.05, 4.69) is 4.90 Å². The summed E-state index contributed by atoms with van der Waals surface area (Å²) in [6.45, 7) is 6.05. The maximum absolute atomic E-state index is 11.1. The van der Waals surface area contributed by atoms with Crippen LogP contribution in [0.3, 0.4) is 0 Å². The first kappa shape index (κ1) is 12.7. The number of benzene rings is 1. The van der Waals surface area contributed by atoms with Gasteiger partial charge in [0.1, 0.15) is 0 Å². The number of nitrogens with two attached hydrogens (primary N) is 1. The number of carboxylic acids is 1. The molecule has 1 fully saturated rings. The van der Waals surface area contributed by atoms with Crippen LogP contribution < -0.4 is 10.6 Å². The molecule has 1 aromatic rings. The van der Waals surface area contributed by atoms with E-state index >= 15 is 0 Å². The fourth-order valence-electron chi connectivity index (χ4n) is 2.24. The van der Waals surface area contributed by atoms with Crippen LogP contribution in [0.4, 0.5) is 11.4 Å². The third-order valence-electron chi connectivity index (χ3n) is 3.08. The standard InChI is InChI=1S/C13H18N2O3/c1-13(2)8-15(6-7-18-13)10-5-3-4-9(11(10)14)12(16)17/h3-5H,6-8,14H2,1-2H3,(H,16,17). The molecule has 3 N–H and O–H groups in total. The van der Waals surface area contributed by atoms with E-state index in [4.69, 9.17) is 15.6 Å². The number of hydrogen-bond donors (Lipinski definition) is 2. The zero-order chi connectivity index (χ0) is 13.3. The van der Waals surface area contributed by atoms with Crippen LogP contribution >= 0.6 is 0 Å². The van der Waals surface area contributed by atoms with Crippen LogP contribution in [-0.2, 0) is 4.74 Å². The third-order valence-corrected chi connectivity index (χ3v) is 3.08. The lowest BCUT2D eigenvalue weighted by atomic mass is 10.1. The normalized spacial score (nSPS) is 18.7. The molecule has 1 saturated heterocycles. The number of aromatic carboxylic acids is 1. The summed E-state index contributed by atoms with van der Waals surface area (Å²) < 4.78 is 5.64. The highest BCUT2D eigenvalue weighted by atomic mass is 16.5. The molecule has 0 aliphatic carbocycles. The van der Waals surface area contributed by atoms with Crippen LogP contribution in [0.25, 0.3) is 0 Å². The summed E-state index contributed by atoms with van der Waals surface area (Å²) in [5, 5.41) is 9.07. The highest BCUT2D eigenvalue weighted by Crippen LogP contribution is 2.30. The number of anilines is 2. The van der Waals surface area contributed by atoms with E-state index in [1.807, 2.05) is 19.9 Å². The largest absolute Gasteiger partial charge is 0.478 e. The van der Waals surface area contributed by atoms with Crippen LogP contribution in [0, 0.1) is 0 Å². The van der Waals surface area contributed by atoms with E-state index in [1.54, 1.807) is 6.07 Å². The molecule has 18 heavy (non-hydrogen) atoms. The van der Waals surface area contributed by atoms with Crippen molar-refractivity contribution in [1.29, 1.82) is 0 Å². The molecular weight excluding hydrogens is 232 g/mol. The molecule has 0 amide bonds. The van der Waals surface area contributed by atoms with E-state index in [-0.39, 0.29) is 11.2 Å². The molecule has 0 spiro atoms. The second-order valence-corrected chi connectivity index (χ2v) is 5.07. The maximum atomic E-state index is 11.1. The topological polar surface area (TPSA) is 75.8 Å². The van der Waals surface area contributed by atoms with Crippen molar-refractivity contribution in [2.75, 3.05) is 30.3 Å². The highest BCUT2D eigenvalue weighted by molar-refractivity contribution is 5.97. The summed E-state index contributed by atoms with van der Waals surface area (Å²) in [7, 11) is 0. The van der Waals surface area contributed by atoms with Crippen LogP contribution in [-0.4, -0.2) is 36.4 Å². The van der Waals surface area contributed by atoms with Crippen LogP contribution in [0.15, 0.2) is 18.2 Å². The average Bonchev–Trinajstić information content (AvgIpc) is 2.27. The first-order chi connectivity index (χ1) is 8.41. The molecule has 1 aliphatic rings. The van der Waals surface area contributed by atoms with Crippen LogP contribution in [0.2, 0.25) is 0 Å². The number of carbonyl (C=O) groups is 1. The minimum atomic E-state index is -0.998. The maximum Gasteiger partial charge on any atom is 0.337 e. The molecule has 98 valence electrons. The van der Waals surface area contributed by atoms with Gasteiger partial charge in [-0.15, -0.1) is 0 Å². The van der Waals surface area contributed by atoms with E-state index in [0.717, 1.165) is 12.2 Å². The molecule has 5 heteroatoms. The summed E-state index contributed by atoms with van der Waals surface area (Å²) in [6.07, 6.45) is 0. The Morgan fingerprint density at radius 3 is 2.83 bits per heavy atom. The van der Waals surface area contributed by atoms with Crippen molar-refractivity contribution in [3.8, 4) is 0 Å². The lowest BCUT2D eigenvalue weighted by Crippen LogP contribution is -2.48. The molecule has 0 atom stereocenters. The molecule has 0 aromatic heterocycles. The second-order valence-electron chi connectivity index (χ2n) is 5.07. The van der Waals surface area contributed by atoms with Crippen molar-refractivity contribution >= 4 is 17.3 Å². The van der Waals surface area contributed by atoms with Crippen molar-refractivity contribution in [3.63, 3.8) is 0 Å². The Bertz CT molecular complexity index is 471. The molecule has 1 heterocycles. The summed E-state index contributed by atoms with van der Waals surface area (Å²) >= 11 is 0. The predicted octanol–water partition coefficient (Wildman–Crippen LogP) is 1.58. The van der Waals surface area contributed by atoms with Crippen LogP contribution in [0.5, 0.6) is 0 Å². The minimum Gasteiger partial charge on any atom is -0.478 e. The molecule has 0 radical (unpaired) electrons. The van der Waals surface area contributed by atoms with Gasteiger partial charge in [-0.3, -0.25) is 0 Å². The van der Waals surface area contributed by atoms with Gasteiger partial charge in [0.05, 0.1) is 29.1 Å². The van der Waals surface area contributed by atoms with Crippen molar-refractivity contribution in [3.05, 3.63) is 23.8 Å². The number of ether oxygens (including phenoxy) is 1. The molecular formula is C13H18N2O3. The van der Waals surface area contributed by atoms with Gasteiger partial charge in [0.25, 0.3) is 0 Å². The Hall–Kier alpha value is -1.75. The van der Waals surface area contributed by atoms with Crippen molar-refractivity contribution in [2.24, 2.45) is 0 Å². The number of morpholine rings is 1. The first-order valence-electron chi connectivity index (χ1n) is 5.91. The quantitative estimate of drug-likeness (QED) is 0.779. The Morgan fingerprint density at radius 2 is 2.22 bits per heavy atom. The second kappa shape index (κ2) is 4.49. The molecule has 0 bridgehead atoms. The van der Waals surface area contributed by atoms with E-state index < -0.39 is 5.97 Å². The Kier molecular flexibility index (Phi) is 3.17. The van der Waals surface area contributed by atoms with Crippen LogP contribution in [0.1, 0.15) is 24.2 Å². The monoisotopic (exact) mass is 250 g/mol. The summed E-state index contributed by atoms with van der Waals surface area (Å²) in [5.41, 5.74) is 6.94. The van der Waals surface area contributed by atoms with Crippen molar-refractivity contribution in [2.45, 2.75) is 19.4 Å². The molecule has 0 unspecified atom stereocenters. The SMILES string of the molecule is CC1(C)CN(c2cccc(C(=O)O)c2N)CCO1. The number of nitrogen functional groups attached to an aromatic ring is 1. The first-order valence-corrected chi connectivity index (χ1v) is 5.91. The predicted molar refractivity (Wildman–Crippen MR) is 70.1 cm³/mol. The van der Waals surface area contributed by atoms with Gasteiger partial charge in [-0.1, -0.05) is 6.07 Å². The fraction of sp³-hybridized carbons (Fsp3) is 0.462. The molecule has 1 aromatic carbocycles. The summed E-state index contributed by atoms with van der Waals surface area (Å²) in [4.78, 5) is 13.1. The molecule has 5 nitrogen and oxygen atoms in total. The number of carboxylic acid groups (broad SMARTS) is 1. The average molecular weight is 250 g/mol. The van der Waals surface area contributed by atoms with E-state index in [1.165, 1.54) is 6.07 Å². The number of nitrogens with zero attached hydrogens (tertiary/aromatic N) is 1. The number of hydrogen-bond acceptors (Lipinski definition) is 4. The Balaban J connectivity index is 2.34. The van der Waals surface area contributed by atoms with Crippen molar-refractivity contribution in [1.82, 2.24) is 0 Å². The van der Waals surface area contributed by atoms with E-state index in [9.17, 15) is 4.79 Å². The fourth-order valence-corrected chi connectivity index (χ4v) is 2.24. The van der Waals surface area contributed by atoms with Gasteiger partial charge < -0.3 is 20.5 Å². The highest BCUT2D eigenvalue weighted by Gasteiger charge is 2.28. The number of rotatable bonds is 2. The molecule has 2 rings (SSSR count). The number of para-hydroxylation sites is 1. The lowest BCUT2D eigenvalue weighted by Gasteiger charge is -2.40. The summed E-state index contributed by atoms with van der Waals surface area (Å²) in [5.74, 6) is -0.998. The molecule has 0 saturated carbocycles. The minimum absolute atomic E-state index is 0.150. The van der Waals surface area contributed by atoms with E-state index in [0.29, 0.717) is 18.8 Å².